The van der Waals surface area contributed by atoms with E-state index in [1.165, 1.54) is 0 Å². The molecule has 21 heavy (non-hydrogen) atoms. The molecule has 2 N–H and O–H groups in total. The standard InChI is InChI=1S/C16H19NO4/c1-3-20-13-6-4-5-12(7-13)9-17-10-14-8-15(16(18)19)11(2)21-14/h4-8,17H,3,9-10H2,1-2H3,(H,18,19). The molecule has 2 aromatic rings. The van der Waals surface area contributed by atoms with E-state index in [9.17, 15) is 4.79 Å². The van der Waals surface area contributed by atoms with Crippen molar-refractivity contribution in [2.45, 2.75) is 26.9 Å². The number of aromatic carboxylic acids is 1. The summed E-state index contributed by atoms with van der Waals surface area (Å²) in [5, 5.41) is 12.2. The summed E-state index contributed by atoms with van der Waals surface area (Å²) in [7, 11) is 0. The maximum atomic E-state index is 10.9. The van der Waals surface area contributed by atoms with E-state index in [2.05, 4.69) is 5.32 Å². The highest BCUT2D eigenvalue weighted by Crippen LogP contribution is 2.15. The quantitative estimate of drug-likeness (QED) is 0.820. The monoisotopic (exact) mass is 289 g/mol. The fourth-order valence-electron chi connectivity index (χ4n) is 2.09. The number of rotatable bonds is 7. The number of ether oxygens (including phenoxy) is 1. The lowest BCUT2D eigenvalue weighted by Crippen LogP contribution is -2.12. The van der Waals surface area contributed by atoms with Crippen molar-refractivity contribution >= 4 is 5.97 Å². The number of aryl methyl sites for hydroxylation is 1. The molecule has 0 saturated carbocycles. The van der Waals surface area contributed by atoms with Gasteiger partial charge in [-0.05, 0) is 37.6 Å². The number of benzene rings is 1. The second-order valence-electron chi connectivity index (χ2n) is 4.67. The van der Waals surface area contributed by atoms with Crippen molar-refractivity contribution in [3.8, 4) is 5.75 Å². The van der Waals surface area contributed by atoms with Crippen molar-refractivity contribution in [1.82, 2.24) is 5.32 Å². The van der Waals surface area contributed by atoms with Crippen molar-refractivity contribution in [3.63, 3.8) is 0 Å². The van der Waals surface area contributed by atoms with Crippen molar-refractivity contribution in [3.05, 3.63) is 53.0 Å². The zero-order chi connectivity index (χ0) is 15.2. The van der Waals surface area contributed by atoms with Gasteiger partial charge in [0, 0.05) is 6.54 Å². The van der Waals surface area contributed by atoms with Gasteiger partial charge in [0.25, 0.3) is 0 Å². The van der Waals surface area contributed by atoms with Crippen LogP contribution in [-0.4, -0.2) is 17.7 Å². The average Bonchev–Trinajstić information content (AvgIpc) is 2.81. The van der Waals surface area contributed by atoms with Crippen LogP contribution in [0.25, 0.3) is 0 Å². The van der Waals surface area contributed by atoms with Crippen molar-refractivity contribution in [1.29, 1.82) is 0 Å². The number of nitrogens with one attached hydrogen (secondary N) is 1. The molecule has 112 valence electrons. The van der Waals surface area contributed by atoms with Crippen molar-refractivity contribution < 1.29 is 19.1 Å². The number of furan rings is 1. The predicted molar refractivity (Wildman–Crippen MR) is 78.6 cm³/mol. The molecular formula is C16H19NO4. The Balaban J connectivity index is 1.91. The second kappa shape index (κ2) is 6.95. The number of carboxylic acids is 1. The molecular weight excluding hydrogens is 270 g/mol. The van der Waals surface area contributed by atoms with Gasteiger partial charge in [-0.1, -0.05) is 12.1 Å². The molecule has 0 aliphatic carbocycles. The zero-order valence-electron chi connectivity index (χ0n) is 12.2. The summed E-state index contributed by atoms with van der Waals surface area (Å²) in [5.41, 5.74) is 1.31. The first-order chi connectivity index (χ1) is 10.1. The van der Waals surface area contributed by atoms with E-state index in [1.54, 1.807) is 13.0 Å². The Morgan fingerprint density at radius 3 is 2.81 bits per heavy atom. The first kappa shape index (κ1) is 15.1. The third-order valence-electron chi connectivity index (χ3n) is 3.04. The van der Waals surface area contributed by atoms with Gasteiger partial charge in [-0.2, -0.15) is 0 Å². The molecule has 0 aliphatic rings. The van der Waals surface area contributed by atoms with Crippen LogP contribution >= 0.6 is 0 Å². The van der Waals surface area contributed by atoms with Gasteiger partial charge in [0.2, 0.25) is 0 Å². The summed E-state index contributed by atoms with van der Waals surface area (Å²) in [6.45, 7) is 5.37. The third-order valence-corrected chi connectivity index (χ3v) is 3.04. The summed E-state index contributed by atoms with van der Waals surface area (Å²) >= 11 is 0. The van der Waals surface area contributed by atoms with Gasteiger partial charge < -0.3 is 19.6 Å². The van der Waals surface area contributed by atoms with Gasteiger partial charge in [0.15, 0.2) is 0 Å². The third kappa shape index (κ3) is 4.10. The number of hydrogen-bond acceptors (Lipinski definition) is 4. The molecule has 5 nitrogen and oxygen atoms in total. The van der Waals surface area contributed by atoms with Crippen LogP contribution in [0.5, 0.6) is 5.75 Å². The second-order valence-corrected chi connectivity index (χ2v) is 4.67. The van der Waals surface area contributed by atoms with Crippen LogP contribution in [0.2, 0.25) is 0 Å². The predicted octanol–water partition coefficient (Wildman–Crippen LogP) is 2.97. The topological polar surface area (TPSA) is 71.7 Å². The lowest BCUT2D eigenvalue weighted by Gasteiger charge is -2.06. The van der Waals surface area contributed by atoms with Gasteiger partial charge in [-0.3, -0.25) is 0 Å². The zero-order valence-corrected chi connectivity index (χ0v) is 12.2. The van der Waals surface area contributed by atoms with Gasteiger partial charge in [0.05, 0.1) is 13.2 Å². The minimum Gasteiger partial charge on any atom is -0.494 e. The fraction of sp³-hybridized carbons (Fsp3) is 0.312. The SMILES string of the molecule is CCOc1cccc(CNCc2cc(C(=O)O)c(C)o2)c1. The molecule has 1 heterocycles. The summed E-state index contributed by atoms with van der Waals surface area (Å²) in [6.07, 6.45) is 0. The largest absolute Gasteiger partial charge is 0.494 e. The van der Waals surface area contributed by atoms with Gasteiger partial charge in [-0.25, -0.2) is 4.79 Å². The highest BCUT2D eigenvalue weighted by molar-refractivity contribution is 5.88. The maximum absolute atomic E-state index is 10.9. The molecule has 0 saturated heterocycles. The maximum Gasteiger partial charge on any atom is 0.339 e. The molecule has 0 radical (unpaired) electrons. The molecule has 0 atom stereocenters. The van der Waals surface area contributed by atoms with E-state index in [0.717, 1.165) is 11.3 Å². The van der Waals surface area contributed by atoms with Crippen LogP contribution in [0.3, 0.4) is 0 Å². The van der Waals surface area contributed by atoms with Crippen LogP contribution in [0, 0.1) is 6.92 Å². The smallest absolute Gasteiger partial charge is 0.339 e. The van der Waals surface area contributed by atoms with E-state index in [1.807, 2.05) is 31.2 Å². The lowest BCUT2D eigenvalue weighted by atomic mass is 10.2. The lowest BCUT2D eigenvalue weighted by molar-refractivity contribution is 0.0695. The number of carbonyl (C=O) groups is 1. The summed E-state index contributed by atoms with van der Waals surface area (Å²) in [5.74, 6) is 0.925. The molecule has 0 bridgehead atoms. The van der Waals surface area contributed by atoms with E-state index < -0.39 is 5.97 Å². The van der Waals surface area contributed by atoms with Crippen molar-refractivity contribution in [2.75, 3.05) is 6.61 Å². The van der Waals surface area contributed by atoms with Gasteiger partial charge in [0.1, 0.15) is 22.8 Å². The molecule has 5 heteroatoms. The fourth-order valence-corrected chi connectivity index (χ4v) is 2.09. The first-order valence-corrected chi connectivity index (χ1v) is 6.85. The number of carboxylic acid groups (broad SMARTS) is 1. The molecule has 2 rings (SSSR count). The Kier molecular flexibility index (Phi) is 5.00. The van der Waals surface area contributed by atoms with E-state index in [0.29, 0.717) is 31.2 Å². The van der Waals surface area contributed by atoms with Gasteiger partial charge in [-0.15, -0.1) is 0 Å². The molecule has 0 unspecified atom stereocenters. The Labute approximate surface area is 123 Å². The van der Waals surface area contributed by atoms with Crippen molar-refractivity contribution in [2.24, 2.45) is 0 Å². The molecule has 0 amide bonds. The summed E-state index contributed by atoms with van der Waals surface area (Å²) in [4.78, 5) is 10.9. The normalized spacial score (nSPS) is 10.6. The molecule has 1 aromatic heterocycles. The molecule has 0 aliphatic heterocycles. The Morgan fingerprint density at radius 1 is 1.33 bits per heavy atom. The van der Waals surface area contributed by atoms with E-state index in [4.69, 9.17) is 14.3 Å². The molecule has 0 fully saturated rings. The summed E-state index contributed by atoms with van der Waals surface area (Å²) in [6, 6.07) is 9.41. The summed E-state index contributed by atoms with van der Waals surface area (Å²) < 4.78 is 10.9. The average molecular weight is 289 g/mol. The van der Waals surface area contributed by atoms with Crippen LogP contribution in [0.15, 0.2) is 34.7 Å². The highest BCUT2D eigenvalue weighted by atomic mass is 16.5. The minimum atomic E-state index is -0.966. The molecule has 0 spiro atoms. The van der Waals surface area contributed by atoms with Crippen LogP contribution < -0.4 is 10.1 Å². The van der Waals surface area contributed by atoms with E-state index >= 15 is 0 Å². The van der Waals surface area contributed by atoms with Crippen LogP contribution in [0.4, 0.5) is 0 Å². The number of hydrogen-bond donors (Lipinski definition) is 2. The van der Waals surface area contributed by atoms with Crippen LogP contribution in [-0.2, 0) is 13.1 Å². The first-order valence-electron chi connectivity index (χ1n) is 6.85. The van der Waals surface area contributed by atoms with Gasteiger partial charge >= 0.3 is 5.97 Å². The molecule has 1 aromatic carbocycles. The Morgan fingerprint density at radius 2 is 2.14 bits per heavy atom. The Hall–Kier alpha value is -2.27. The van der Waals surface area contributed by atoms with Crippen LogP contribution in [0.1, 0.15) is 34.4 Å². The Bertz CT molecular complexity index is 618. The minimum absolute atomic E-state index is 0.213. The van der Waals surface area contributed by atoms with E-state index in [-0.39, 0.29) is 5.56 Å². The highest BCUT2D eigenvalue weighted by Gasteiger charge is 2.13.